The Hall–Kier alpha value is -3.03. The van der Waals surface area contributed by atoms with E-state index in [1.807, 2.05) is 24.3 Å². The van der Waals surface area contributed by atoms with E-state index in [1.165, 1.54) is 12.4 Å². The number of para-hydroxylation sites is 2. The zero-order chi connectivity index (χ0) is 16.4. The monoisotopic (exact) mass is 313 g/mol. The number of hydrogen-bond acceptors (Lipinski definition) is 5. The Kier molecular flexibility index (Phi) is 3.88. The van der Waals surface area contributed by atoms with Gasteiger partial charge in [0.1, 0.15) is 6.20 Å². The van der Waals surface area contributed by atoms with Crippen LogP contribution in [0.1, 0.15) is 12.2 Å². The van der Waals surface area contributed by atoms with E-state index in [-0.39, 0.29) is 11.4 Å². The number of fused-ring (bicyclic) bond motifs is 1. The molecular formula is C15H15N5O3. The van der Waals surface area contributed by atoms with Crippen LogP contribution in [0.5, 0.6) is 0 Å². The molecule has 0 aliphatic rings. The molecule has 8 heteroatoms. The van der Waals surface area contributed by atoms with Crippen LogP contribution < -0.4 is 5.56 Å². The topological polar surface area (TPSA) is 95.9 Å². The third-order valence-corrected chi connectivity index (χ3v) is 3.74. The molecule has 3 rings (SSSR count). The predicted octanol–water partition coefficient (Wildman–Crippen LogP) is 1.90. The van der Waals surface area contributed by atoms with Crippen molar-refractivity contribution >= 4 is 16.9 Å². The zero-order valence-electron chi connectivity index (χ0n) is 12.5. The van der Waals surface area contributed by atoms with Crippen LogP contribution in [0.3, 0.4) is 0 Å². The third kappa shape index (κ3) is 2.83. The van der Waals surface area contributed by atoms with Gasteiger partial charge in [0.05, 0.1) is 23.8 Å². The summed E-state index contributed by atoms with van der Waals surface area (Å²) in [4.78, 5) is 30.7. The fourth-order valence-corrected chi connectivity index (χ4v) is 2.61. The van der Waals surface area contributed by atoms with Gasteiger partial charge in [0.2, 0.25) is 0 Å². The van der Waals surface area contributed by atoms with Gasteiger partial charge in [0, 0.05) is 19.9 Å². The minimum absolute atomic E-state index is 0.0329. The molecule has 118 valence electrons. The fraction of sp³-hybridized carbons (Fsp3) is 0.267. The average Bonchev–Trinajstić information content (AvgIpc) is 2.91. The van der Waals surface area contributed by atoms with Crippen LogP contribution >= 0.6 is 0 Å². The summed E-state index contributed by atoms with van der Waals surface area (Å²) in [5.41, 5.74) is 1.33. The molecule has 0 atom stereocenters. The van der Waals surface area contributed by atoms with Gasteiger partial charge in [-0.15, -0.1) is 0 Å². The van der Waals surface area contributed by atoms with Crippen LogP contribution in [-0.4, -0.2) is 24.0 Å². The molecule has 0 aliphatic carbocycles. The maximum atomic E-state index is 12.0. The molecule has 0 bridgehead atoms. The molecule has 3 aromatic rings. The highest BCUT2D eigenvalue weighted by Gasteiger charge is 2.16. The van der Waals surface area contributed by atoms with Crippen molar-refractivity contribution in [1.82, 2.24) is 19.1 Å². The summed E-state index contributed by atoms with van der Waals surface area (Å²) in [5, 5.41) is 11.0. The van der Waals surface area contributed by atoms with Crippen LogP contribution in [0.25, 0.3) is 11.0 Å². The van der Waals surface area contributed by atoms with Gasteiger partial charge in [0.25, 0.3) is 5.56 Å². The maximum absolute atomic E-state index is 12.0. The highest BCUT2D eigenvalue weighted by Crippen LogP contribution is 2.15. The Morgan fingerprint density at radius 2 is 1.87 bits per heavy atom. The first-order chi connectivity index (χ1) is 11.1. The number of benzene rings is 1. The molecule has 0 saturated heterocycles. The van der Waals surface area contributed by atoms with Gasteiger partial charge in [0.15, 0.2) is 5.82 Å². The third-order valence-electron chi connectivity index (χ3n) is 3.74. The van der Waals surface area contributed by atoms with Crippen molar-refractivity contribution in [3.8, 4) is 0 Å². The fourth-order valence-electron chi connectivity index (χ4n) is 2.61. The SMILES string of the molecule is Cc1ncc([N+](=O)[O-])n1CCCn1c(=O)cnc2ccccc21. The normalized spacial score (nSPS) is 11.0. The average molecular weight is 313 g/mol. The molecule has 2 heterocycles. The molecule has 0 spiro atoms. The first-order valence-electron chi connectivity index (χ1n) is 7.19. The second kappa shape index (κ2) is 5.99. The van der Waals surface area contributed by atoms with Crippen LogP contribution in [0.2, 0.25) is 0 Å². The van der Waals surface area contributed by atoms with Crippen LogP contribution in [0.15, 0.2) is 41.5 Å². The van der Waals surface area contributed by atoms with Crippen molar-refractivity contribution in [3.63, 3.8) is 0 Å². The van der Waals surface area contributed by atoms with E-state index >= 15 is 0 Å². The summed E-state index contributed by atoms with van der Waals surface area (Å²) in [6.07, 6.45) is 3.13. The van der Waals surface area contributed by atoms with Gasteiger partial charge in [-0.1, -0.05) is 12.1 Å². The minimum atomic E-state index is -0.450. The molecule has 0 fully saturated rings. The van der Waals surface area contributed by atoms with Crippen molar-refractivity contribution in [1.29, 1.82) is 0 Å². The molecule has 0 aliphatic heterocycles. The Labute approximate surface area is 131 Å². The van der Waals surface area contributed by atoms with Gasteiger partial charge < -0.3 is 14.7 Å². The summed E-state index contributed by atoms with van der Waals surface area (Å²) in [7, 11) is 0. The molecule has 2 aromatic heterocycles. The number of nitrogens with zero attached hydrogens (tertiary/aromatic N) is 5. The Morgan fingerprint density at radius 3 is 2.65 bits per heavy atom. The number of hydrogen-bond donors (Lipinski definition) is 0. The summed E-state index contributed by atoms with van der Waals surface area (Å²) in [6, 6.07) is 7.40. The first-order valence-corrected chi connectivity index (χ1v) is 7.19. The molecule has 0 radical (unpaired) electrons. The highest BCUT2D eigenvalue weighted by molar-refractivity contribution is 5.74. The molecular weight excluding hydrogens is 298 g/mol. The lowest BCUT2D eigenvalue weighted by Gasteiger charge is -2.09. The summed E-state index contributed by atoms with van der Waals surface area (Å²) < 4.78 is 3.19. The number of rotatable bonds is 5. The van der Waals surface area contributed by atoms with Crippen molar-refractivity contribution in [2.75, 3.05) is 0 Å². The quantitative estimate of drug-likeness (QED) is 0.529. The van der Waals surface area contributed by atoms with Crippen molar-refractivity contribution in [3.05, 3.63) is 63.0 Å². The van der Waals surface area contributed by atoms with Crippen LogP contribution in [0.4, 0.5) is 5.82 Å². The molecule has 0 amide bonds. The van der Waals surface area contributed by atoms with Gasteiger partial charge in [-0.25, -0.2) is 14.5 Å². The maximum Gasteiger partial charge on any atom is 0.342 e. The van der Waals surface area contributed by atoms with E-state index in [0.717, 1.165) is 11.0 Å². The van der Waals surface area contributed by atoms with Crippen molar-refractivity contribution < 1.29 is 4.92 Å². The van der Waals surface area contributed by atoms with Crippen molar-refractivity contribution in [2.45, 2.75) is 26.4 Å². The number of aromatic nitrogens is 4. The van der Waals surface area contributed by atoms with E-state index in [1.54, 1.807) is 16.1 Å². The molecule has 1 aromatic carbocycles. The van der Waals surface area contributed by atoms with E-state index in [4.69, 9.17) is 0 Å². The molecule has 0 saturated carbocycles. The number of nitro groups is 1. The summed E-state index contributed by atoms with van der Waals surface area (Å²) in [5.74, 6) is 0.554. The largest absolute Gasteiger partial charge is 0.358 e. The lowest BCUT2D eigenvalue weighted by Crippen LogP contribution is -2.21. The molecule has 0 unspecified atom stereocenters. The van der Waals surface area contributed by atoms with Gasteiger partial charge in [-0.05, 0) is 17.1 Å². The minimum Gasteiger partial charge on any atom is -0.358 e. The van der Waals surface area contributed by atoms with Gasteiger partial charge in [-0.2, -0.15) is 0 Å². The second-order valence-electron chi connectivity index (χ2n) is 5.16. The van der Waals surface area contributed by atoms with E-state index in [0.29, 0.717) is 25.3 Å². The first kappa shape index (κ1) is 14.9. The number of aryl methyl sites for hydroxylation is 2. The second-order valence-corrected chi connectivity index (χ2v) is 5.16. The lowest BCUT2D eigenvalue weighted by atomic mass is 10.3. The van der Waals surface area contributed by atoms with Gasteiger partial charge >= 0.3 is 5.82 Å². The molecule has 23 heavy (non-hydrogen) atoms. The smallest absolute Gasteiger partial charge is 0.342 e. The zero-order valence-corrected chi connectivity index (χ0v) is 12.5. The van der Waals surface area contributed by atoms with E-state index < -0.39 is 4.92 Å². The Morgan fingerprint density at radius 1 is 1.13 bits per heavy atom. The summed E-state index contributed by atoms with van der Waals surface area (Å²) >= 11 is 0. The Balaban J connectivity index is 1.83. The van der Waals surface area contributed by atoms with Crippen LogP contribution in [-0.2, 0) is 13.1 Å². The van der Waals surface area contributed by atoms with Gasteiger partial charge in [-0.3, -0.25) is 4.79 Å². The molecule has 0 N–H and O–H groups in total. The highest BCUT2D eigenvalue weighted by atomic mass is 16.6. The van der Waals surface area contributed by atoms with Crippen molar-refractivity contribution in [2.24, 2.45) is 0 Å². The van der Waals surface area contributed by atoms with E-state index in [2.05, 4.69) is 9.97 Å². The standard InChI is InChI=1S/C15H15N5O3/c1-11-16-9-14(20(22)23)18(11)7-4-8-19-13-6-3-2-5-12(13)17-10-15(19)21/h2-3,5-6,9-10H,4,7-8H2,1H3. The molecule has 8 nitrogen and oxygen atoms in total. The van der Waals surface area contributed by atoms with Crippen LogP contribution in [0, 0.1) is 17.0 Å². The predicted molar refractivity (Wildman–Crippen MR) is 84.2 cm³/mol. The Bertz CT molecular complexity index is 928. The summed E-state index contributed by atoms with van der Waals surface area (Å²) in [6.45, 7) is 2.60. The number of imidazole rings is 1. The van der Waals surface area contributed by atoms with E-state index in [9.17, 15) is 14.9 Å². The lowest BCUT2D eigenvalue weighted by molar-refractivity contribution is -0.392.